The van der Waals surface area contributed by atoms with Gasteiger partial charge in [0, 0.05) is 18.8 Å². The van der Waals surface area contributed by atoms with E-state index in [1.54, 1.807) is 30.5 Å². The van der Waals surface area contributed by atoms with Gasteiger partial charge in [-0.2, -0.15) is 0 Å². The molecule has 6 nitrogen and oxygen atoms in total. The fourth-order valence-electron chi connectivity index (χ4n) is 2.76. The van der Waals surface area contributed by atoms with Gasteiger partial charge in [-0.1, -0.05) is 24.3 Å². The van der Waals surface area contributed by atoms with E-state index in [0.717, 1.165) is 5.56 Å². The Morgan fingerprint density at radius 2 is 2.08 bits per heavy atom. The summed E-state index contributed by atoms with van der Waals surface area (Å²) in [5, 5.41) is 2.66. The maximum atomic E-state index is 14.2. The molecule has 130 valence electrons. The third-order valence-corrected chi connectivity index (χ3v) is 4.13. The second-order valence-electron chi connectivity index (χ2n) is 5.91. The molecule has 1 fully saturated rings. The highest BCUT2D eigenvalue weighted by atomic mass is 19.1. The van der Waals surface area contributed by atoms with Crippen molar-refractivity contribution in [1.82, 2.24) is 9.88 Å². The number of hydrogen-bond donors (Lipinski definition) is 1. The van der Waals surface area contributed by atoms with Crippen molar-refractivity contribution < 1.29 is 18.7 Å². The lowest BCUT2D eigenvalue weighted by Crippen LogP contribution is -2.51. The highest BCUT2D eigenvalue weighted by molar-refractivity contribution is 5.95. The molecule has 0 saturated carbocycles. The number of morpholine rings is 1. The summed E-state index contributed by atoms with van der Waals surface area (Å²) in [4.78, 5) is 30.1. The second kappa shape index (κ2) is 6.98. The molecule has 25 heavy (non-hydrogen) atoms. The van der Waals surface area contributed by atoms with Gasteiger partial charge in [-0.05, 0) is 24.6 Å². The fourth-order valence-corrected chi connectivity index (χ4v) is 2.76. The van der Waals surface area contributed by atoms with Gasteiger partial charge in [0.1, 0.15) is 18.2 Å². The van der Waals surface area contributed by atoms with Gasteiger partial charge in [-0.3, -0.25) is 9.59 Å². The maximum Gasteiger partial charge on any atom is 0.257 e. The number of anilines is 1. The van der Waals surface area contributed by atoms with E-state index >= 15 is 0 Å². The minimum atomic E-state index is -1.04. The van der Waals surface area contributed by atoms with E-state index in [2.05, 4.69) is 10.3 Å². The summed E-state index contributed by atoms with van der Waals surface area (Å²) < 4.78 is 19.7. The number of halogens is 1. The van der Waals surface area contributed by atoms with Gasteiger partial charge in [0.2, 0.25) is 5.91 Å². The van der Waals surface area contributed by atoms with Crippen LogP contribution < -0.4 is 5.32 Å². The third-order valence-electron chi connectivity index (χ3n) is 4.13. The molecule has 2 heterocycles. The van der Waals surface area contributed by atoms with Crippen molar-refractivity contribution in [3.05, 3.63) is 59.5 Å². The molecule has 2 amide bonds. The second-order valence-corrected chi connectivity index (χ2v) is 5.91. The molecule has 1 aliphatic rings. The number of nitrogens with zero attached hydrogens (tertiary/aromatic N) is 2. The summed E-state index contributed by atoms with van der Waals surface area (Å²) in [6.45, 7) is 1.65. The predicted octanol–water partition coefficient (Wildman–Crippen LogP) is 2.07. The molecule has 1 aromatic carbocycles. The van der Waals surface area contributed by atoms with Crippen LogP contribution in [-0.2, 0) is 14.3 Å². The zero-order chi connectivity index (χ0) is 18.0. The van der Waals surface area contributed by atoms with E-state index in [1.165, 1.54) is 18.0 Å². The Balaban J connectivity index is 1.89. The SMILES string of the molecule is Cc1ccc(NC(=O)[C@H]2OCC(=O)N(C)[C@H]2c2ccccc2F)nc1. The monoisotopic (exact) mass is 343 g/mol. The summed E-state index contributed by atoms with van der Waals surface area (Å²) >= 11 is 0. The van der Waals surface area contributed by atoms with Gasteiger partial charge >= 0.3 is 0 Å². The molecule has 0 unspecified atom stereocenters. The van der Waals surface area contributed by atoms with Crippen molar-refractivity contribution in [1.29, 1.82) is 0 Å². The highest BCUT2D eigenvalue weighted by Gasteiger charge is 2.41. The number of aromatic nitrogens is 1. The molecule has 2 aromatic rings. The molecular weight excluding hydrogens is 325 g/mol. The molecule has 1 N–H and O–H groups in total. The lowest BCUT2D eigenvalue weighted by atomic mass is 9.97. The van der Waals surface area contributed by atoms with E-state index < -0.39 is 23.9 Å². The number of hydrogen-bond acceptors (Lipinski definition) is 4. The lowest BCUT2D eigenvalue weighted by Gasteiger charge is -2.38. The van der Waals surface area contributed by atoms with Gasteiger partial charge in [-0.15, -0.1) is 0 Å². The lowest BCUT2D eigenvalue weighted by molar-refractivity contribution is -0.160. The summed E-state index contributed by atoms with van der Waals surface area (Å²) in [5.41, 5.74) is 1.19. The highest BCUT2D eigenvalue weighted by Crippen LogP contribution is 2.31. The number of amides is 2. The molecule has 1 saturated heterocycles. The van der Waals surface area contributed by atoms with Crippen LogP contribution in [0, 0.1) is 12.7 Å². The summed E-state index contributed by atoms with van der Waals surface area (Å²) in [6.07, 6.45) is 0.587. The van der Waals surface area contributed by atoms with Gasteiger partial charge in [0.25, 0.3) is 5.91 Å². The first-order valence-electron chi connectivity index (χ1n) is 7.82. The van der Waals surface area contributed by atoms with Crippen LogP contribution in [0.5, 0.6) is 0 Å². The average Bonchev–Trinajstić information content (AvgIpc) is 2.60. The number of pyridine rings is 1. The molecule has 2 atom stereocenters. The summed E-state index contributed by atoms with van der Waals surface area (Å²) in [5.74, 6) is -0.926. The third kappa shape index (κ3) is 3.51. The van der Waals surface area contributed by atoms with E-state index in [0.29, 0.717) is 5.82 Å². The first kappa shape index (κ1) is 17.0. The Morgan fingerprint density at radius 3 is 2.76 bits per heavy atom. The maximum absolute atomic E-state index is 14.2. The average molecular weight is 343 g/mol. The number of likely N-dealkylation sites (N-methyl/N-ethyl adjacent to an activating group) is 1. The molecule has 1 aliphatic heterocycles. The number of rotatable bonds is 3. The molecule has 0 spiro atoms. The zero-order valence-corrected chi connectivity index (χ0v) is 13.9. The van der Waals surface area contributed by atoms with Crippen LogP contribution in [0.25, 0.3) is 0 Å². The number of ether oxygens (including phenoxy) is 1. The Labute approximate surface area is 144 Å². The standard InChI is InChI=1S/C18H18FN3O3/c1-11-7-8-14(20-9-11)21-18(24)17-16(22(2)15(23)10-25-17)12-5-3-4-6-13(12)19/h3-9,16-17H,10H2,1-2H3,(H,20,21,24)/t16-,17-/m0/s1. The van der Waals surface area contributed by atoms with Crippen molar-refractivity contribution >= 4 is 17.6 Å². The number of aryl methyl sites for hydroxylation is 1. The minimum absolute atomic E-state index is 0.232. The number of nitrogens with one attached hydrogen (secondary N) is 1. The Hall–Kier alpha value is -2.80. The molecular formula is C18H18FN3O3. The molecule has 0 bridgehead atoms. The molecule has 0 aliphatic carbocycles. The van der Waals surface area contributed by atoms with E-state index in [1.807, 2.05) is 13.0 Å². The van der Waals surface area contributed by atoms with Crippen LogP contribution in [0.2, 0.25) is 0 Å². The largest absolute Gasteiger partial charge is 0.356 e. The fraction of sp³-hybridized carbons (Fsp3) is 0.278. The quantitative estimate of drug-likeness (QED) is 0.926. The first-order valence-corrected chi connectivity index (χ1v) is 7.82. The van der Waals surface area contributed by atoms with Crippen molar-refractivity contribution in [2.75, 3.05) is 19.0 Å². The van der Waals surface area contributed by atoms with Crippen LogP contribution in [-0.4, -0.2) is 41.5 Å². The number of benzene rings is 1. The van der Waals surface area contributed by atoms with Crippen LogP contribution in [0.4, 0.5) is 10.2 Å². The molecule has 3 rings (SSSR count). The first-order chi connectivity index (χ1) is 12.0. The topological polar surface area (TPSA) is 71.5 Å². The van der Waals surface area contributed by atoms with Gasteiger partial charge in [0.05, 0.1) is 6.04 Å². The molecule has 1 aromatic heterocycles. The van der Waals surface area contributed by atoms with E-state index in [-0.39, 0.29) is 18.1 Å². The molecule has 0 radical (unpaired) electrons. The Bertz CT molecular complexity index is 794. The van der Waals surface area contributed by atoms with Crippen LogP contribution in [0.3, 0.4) is 0 Å². The minimum Gasteiger partial charge on any atom is -0.356 e. The number of carbonyl (C=O) groups is 2. The van der Waals surface area contributed by atoms with Crippen molar-refractivity contribution in [3.8, 4) is 0 Å². The normalized spacial score (nSPS) is 20.4. The van der Waals surface area contributed by atoms with Gasteiger partial charge in [0.15, 0.2) is 6.10 Å². The Kier molecular flexibility index (Phi) is 4.76. The van der Waals surface area contributed by atoms with Crippen LogP contribution in [0.15, 0.2) is 42.6 Å². The zero-order valence-electron chi connectivity index (χ0n) is 13.9. The summed E-state index contributed by atoms with van der Waals surface area (Å²) in [7, 11) is 1.53. The van der Waals surface area contributed by atoms with Crippen molar-refractivity contribution in [3.63, 3.8) is 0 Å². The van der Waals surface area contributed by atoms with E-state index in [9.17, 15) is 14.0 Å². The van der Waals surface area contributed by atoms with Gasteiger partial charge < -0.3 is 15.0 Å². The van der Waals surface area contributed by atoms with Crippen LogP contribution in [0.1, 0.15) is 17.2 Å². The smallest absolute Gasteiger partial charge is 0.257 e. The predicted molar refractivity (Wildman–Crippen MR) is 89.3 cm³/mol. The van der Waals surface area contributed by atoms with Crippen LogP contribution >= 0.6 is 0 Å². The summed E-state index contributed by atoms with van der Waals surface area (Å²) in [6, 6.07) is 8.67. The Morgan fingerprint density at radius 1 is 1.32 bits per heavy atom. The van der Waals surface area contributed by atoms with Crippen molar-refractivity contribution in [2.45, 2.75) is 19.1 Å². The molecule has 7 heteroatoms. The van der Waals surface area contributed by atoms with E-state index in [4.69, 9.17) is 4.74 Å². The number of carbonyl (C=O) groups excluding carboxylic acids is 2. The van der Waals surface area contributed by atoms with Crippen molar-refractivity contribution in [2.24, 2.45) is 0 Å². The van der Waals surface area contributed by atoms with Gasteiger partial charge in [-0.25, -0.2) is 9.37 Å².